The van der Waals surface area contributed by atoms with Crippen molar-refractivity contribution in [1.82, 2.24) is 9.78 Å². The van der Waals surface area contributed by atoms with Gasteiger partial charge in [0.15, 0.2) is 0 Å². The molecule has 0 fully saturated rings. The summed E-state index contributed by atoms with van der Waals surface area (Å²) in [4.78, 5) is 0. The molecule has 0 saturated carbocycles. The lowest BCUT2D eigenvalue weighted by Gasteiger charge is -2.04. The minimum Gasteiger partial charge on any atom is -0.263 e. The summed E-state index contributed by atoms with van der Waals surface area (Å²) < 4.78 is 60.3. The number of halogens is 5. The zero-order valence-electron chi connectivity index (χ0n) is 6.44. The molecule has 0 bridgehead atoms. The molecule has 13 heavy (non-hydrogen) atoms. The molecule has 0 aliphatic carbocycles. The number of aromatic nitrogens is 2. The van der Waals surface area contributed by atoms with Crippen molar-refractivity contribution in [2.45, 2.75) is 12.6 Å². The van der Waals surface area contributed by atoms with Crippen LogP contribution in [0.2, 0.25) is 0 Å². The van der Waals surface area contributed by atoms with Crippen LogP contribution in [0.1, 0.15) is 17.8 Å². The normalized spacial score (nSPS) is 12.5. The monoisotopic (exact) mass is 200 g/mol. The van der Waals surface area contributed by atoms with Crippen molar-refractivity contribution >= 4 is 0 Å². The summed E-state index contributed by atoms with van der Waals surface area (Å²) in [7, 11) is 0.967. The Morgan fingerprint density at radius 1 is 1.38 bits per heavy atom. The lowest BCUT2D eigenvalue weighted by molar-refractivity contribution is -0.143. The SMILES string of the molecule is Cn1nc(C(F)F)cc1C(F)(F)F. The second-order valence-corrected chi connectivity index (χ2v) is 2.38. The summed E-state index contributed by atoms with van der Waals surface area (Å²) in [6, 6.07) is 0.338. The Bertz CT molecular complexity index is 300. The van der Waals surface area contributed by atoms with E-state index in [-0.39, 0.29) is 0 Å². The summed E-state index contributed by atoms with van der Waals surface area (Å²) in [6.45, 7) is 0. The summed E-state index contributed by atoms with van der Waals surface area (Å²) in [5, 5.41) is 3.02. The van der Waals surface area contributed by atoms with Crippen LogP contribution in [-0.4, -0.2) is 9.78 Å². The van der Waals surface area contributed by atoms with Gasteiger partial charge in [0.1, 0.15) is 11.4 Å². The van der Waals surface area contributed by atoms with Gasteiger partial charge in [0.2, 0.25) is 0 Å². The van der Waals surface area contributed by atoms with E-state index < -0.39 is 24.0 Å². The van der Waals surface area contributed by atoms with Gasteiger partial charge in [0, 0.05) is 7.05 Å². The zero-order chi connectivity index (χ0) is 10.2. The quantitative estimate of drug-likeness (QED) is 0.636. The van der Waals surface area contributed by atoms with Crippen molar-refractivity contribution in [2.24, 2.45) is 7.05 Å². The average molecular weight is 200 g/mol. The molecule has 0 aliphatic heterocycles. The molecule has 0 spiro atoms. The van der Waals surface area contributed by atoms with Gasteiger partial charge in [0.25, 0.3) is 6.43 Å². The number of hydrogen-bond donors (Lipinski definition) is 0. The molecule has 1 heterocycles. The summed E-state index contributed by atoms with van der Waals surface area (Å²) in [6.07, 6.45) is -7.63. The molecule has 1 rings (SSSR count). The van der Waals surface area contributed by atoms with Crippen LogP contribution in [0.5, 0.6) is 0 Å². The molecular weight excluding hydrogens is 195 g/mol. The average Bonchev–Trinajstić information content (AvgIpc) is 2.29. The first kappa shape index (κ1) is 9.94. The molecule has 0 atom stereocenters. The maximum atomic E-state index is 12.0. The fourth-order valence-electron chi connectivity index (χ4n) is 0.861. The maximum Gasteiger partial charge on any atom is 0.433 e. The molecule has 0 aliphatic rings. The van der Waals surface area contributed by atoms with E-state index in [1.807, 2.05) is 0 Å². The molecular formula is C6H5F5N2. The van der Waals surface area contributed by atoms with E-state index >= 15 is 0 Å². The van der Waals surface area contributed by atoms with Crippen LogP contribution in [0.25, 0.3) is 0 Å². The minimum atomic E-state index is -4.64. The Balaban J connectivity index is 3.11. The molecule has 0 aromatic carbocycles. The van der Waals surface area contributed by atoms with Crippen molar-refractivity contribution < 1.29 is 22.0 Å². The van der Waals surface area contributed by atoms with Crippen molar-refractivity contribution in [1.29, 1.82) is 0 Å². The first-order valence-electron chi connectivity index (χ1n) is 3.21. The highest BCUT2D eigenvalue weighted by molar-refractivity contribution is 5.13. The minimum absolute atomic E-state index is 0.338. The van der Waals surface area contributed by atoms with Crippen molar-refractivity contribution in [3.63, 3.8) is 0 Å². The second-order valence-electron chi connectivity index (χ2n) is 2.38. The third-order valence-electron chi connectivity index (χ3n) is 1.41. The van der Waals surface area contributed by atoms with Crippen molar-refractivity contribution in [3.8, 4) is 0 Å². The molecule has 0 amide bonds. The highest BCUT2D eigenvalue weighted by Gasteiger charge is 2.35. The van der Waals surface area contributed by atoms with Gasteiger partial charge in [-0.1, -0.05) is 0 Å². The molecule has 74 valence electrons. The van der Waals surface area contributed by atoms with E-state index in [0.717, 1.165) is 7.05 Å². The largest absolute Gasteiger partial charge is 0.433 e. The van der Waals surface area contributed by atoms with Gasteiger partial charge in [0.05, 0.1) is 0 Å². The molecule has 0 N–H and O–H groups in total. The first-order valence-corrected chi connectivity index (χ1v) is 3.21. The van der Waals surface area contributed by atoms with E-state index in [1.54, 1.807) is 0 Å². The van der Waals surface area contributed by atoms with E-state index in [1.165, 1.54) is 0 Å². The molecule has 0 saturated heterocycles. The fraction of sp³-hybridized carbons (Fsp3) is 0.500. The van der Waals surface area contributed by atoms with Gasteiger partial charge < -0.3 is 0 Å². The van der Waals surface area contributed by atoms with Crippen LogP contribution >= 0.6 is 0 Å². The van der Waals surface area contributed by atoms with Crippen molar-refractivity contribution in [2.75, 3.05) is 0 Å². The van der Waals surface area contributed by atoms with Crippen LogP contribution in [-0.2, 0) is 13.2 Å². The Kier molecular flexibility index (Phi) is 2.27. The third-order valence-corrected chi connectivity index (χ3v) is 1.41. The highest BCUT2D eigenvalue weighted by Crippen LogP contribution is 2.31. The molecule has 2 nitrogen and oxygen atoms in total. The van der Waals surface area contributed by atoms with Gasteiger partial charge in [-0.25, -0.2) is 8.78 Å². The smallest absolute Gasteiger partial charge is 0.263 e. The molecule has 1 aromatic heterocycles. The van der Waals surface area contributed by atoms with Gasteiger partial charge in [-0.2, -0.15) is 18.3 Å². The molecule has 1 aromatic rings. The lowest BCUT2D eigenvalue weighted by atomic mass is 10.3. The van der Waals surface area contributed by atoms with E-state index in [0.29, 0.717) is 10.7 Å². The Morgan fingerprint density at radius 3 is 2.15 bits per heavy atom. The molecule has 0 radical (unpaired) electrons. The van der Waals surface area contributed by atoms with E-state index in [9.17, 15) is 22.0 Å². The van der Waals surface area contributed by atoms with Gasteiger partial charge in [-0.3, -0.25) is 4.68 Å². The number of hydrogen-bond acceptors (Lipinski definition) is 1. The zero-order valence-corrected chi connectivity index (χ0v) is 6.44. The molecule has 7 heteroatoms. The number of rotatable bonds is 1. The Morgan fingerprint density at radius 2 is 1.92 bits per heavy atom. The van der Waals surface area contributed by atoms with Gasteiger partial charge in [-0.05, 0) is 6.07 Å². The number of nitrogens with zero attached hydrogens (tertiary/aromatic N) is 2. The summed E-state index contributed by atoms with van der Waals surface area (Å²) in [5.74, 6) is 0. The van der Waals surface area contributed by atoms with Gasteiger partial charge >= 0.3 is 6.18 Å². The first-order chi connectivity index (χ1) is 5.82. The topological polar surface area (TPSA) is 17.8 Å². The van der Waals surface area contributed by atoms with Crippen LogP contribution in [0.3, 0.4) is 0 Å². The fourth-order valence-corrected chi connectivity index (χ4v) is 0.861. The second kappa shape index (κ2) is 2.97. The molecule has 0 unspecified atom stereocenters. The lowest BCUT2D eigenvalue weighted by Crippen LogP contribution is -2.11. The van der Waals surface area contributed by atoms with E-state index in [4.69, 9.17) is 0 Å². The van der Waals surface area contributed by atoms with Gasteiger partial charge in [-0.15, -0.1) is 0 Å². The maximum absolute atomic E-state index is 12.0. The number of aryl methyl sites for hydroxylation is 1. The van der Waals surface area contributed by atoms with E-state index in [2.05, 4.69) is 5.10 Å². The number of alkyl halides is 5. The predicted molar refractivity (Wildman–Crippen MR) is 33.2 cm³/mol. The Labute approximate surface area is 70.0 Å². The van der Waals surface area contributed by atoms with Crippen LogP contribution < -0.4 is 0 Å². The van der Waals surface area contributed by atoms with Crippen LogP contribution in [0.15, 0.2) is 6.07 Å². The predicted octanol–water partition coefficient (Wildman–Crippen LogP) is 2.38. The van der Waals surface area contributed by atoms with Crippen LogP contribution in [0, 0.1) is 0 Å². The third kappa shape index (κ3) is 1.96. The Hall–Kier alpha value is -1.14. The van der Waals surface area contributed by atoms with Crippen molar-refractivity contribution in [3.05, 3.63) is 17.5 Å². The van der Waals surface area contributed by atoms with Crippen LogP contribution in [0.4, 0.5) is 22.0 Å². The summed E-state index contributed by atoms with van der Waals surface area (Å²) in [5.41, 5.74) is -2.04. The highest BCUT2D eigenvalue weighted by atomic mass is 19.4. The summed E-state index contributed by atoms with van der Waals surface area (Å²) >= 11 is 0. The standard InChI is InChI=1S/C6H5F5N2/c1-13-4(6(9,10)11)2-3(12-13)5(7)8/h2,5H,1H3.